The lowest BCUT2D eigenvalue weighted by Crippen LogP contribution is -2.55. The van der Waals surface area contributed by atoms with Crippen molar-refractivity contribution in [2.24, 2.45) is 0 Å². The van der Waals surface area contributed by atoms with Crippen LogP contribution in [0.2, 0.25) is 0 Å². The van der Waals surface area contributed by atoms with Crippen LogP contribution >= 0.6 is 0 Å². The zero-order chi connectivity index (χ0) is 14.9. The van der Waals surface area contributed by atoms with Crippen LogP contribution in [0.1, 0.15) is 24.2 Å². The van der Waals surface area contributed by atoms with Gasteiger partial charge in [-0.05, 0) is 32.0 Å². The van der Waals surface area contributed by atoms with E-state index in [2.05, 4.69) is 0 Å². The van der Waals surface area contributed by atoms with E-state index in [1.54, 1.807) is 13.8 Å². The predicted molar refractivity (Wildman–Crippen MR) is 68.3 cm³/mol. The monoisotopic (exact) mass is 285 g/mol. The molecule has 1 fully saturated rings. The molecule has 1 heterocycles. The Morgan fingerprint density at radius 3 is 2.85 bits per heavy atom. The third-order valence-electron chi connectivity index (χ3n) is 3.13. The van der Waals surface area contributed by atoms with Crippen molar-refractivity contribution in [2.75, 3.05) is 19.7 Å². The Morgan fingerprint density at radius 1 is 1.50 bits per heavy atom. The van der Waals surface area contributed by atoms with Crippen molar-refractivity contribution in [3.8, 4) is 0 Å². The molecule has 1 aliphatic rings. The van der Waals surface area contributed by atoms with Gasteiger partial charge in [-0.25, -0.2) is 8.78 Å². The number of carbonyl (C=O) groups excluding carboxylic acids is 1. The summed E-state index contributed by atoms with van der Waals surface area (Å²) in [6.45, 7) is 3.71. The van der Waals surface area contributed by atoms with Gasteiger partial charge in [0.05, 0.1) is 23.9 Å². The molecule has 1 aromatic carbocycles. The van der Waals surface area contributed by atoms with Gasteiger partial charge in [-0.1, -0.05) is 0 Å². The van der Waals surface area contributed by atoms with Crippen LogP contribution in [0, 0.1) is 11.6 Å². The molecule has 1 atom stereocenters. The van der Waals surface area contributed by atoms with E-state index in [4.69, 9.17) is 4.74 Å². The fraction of sp³-hybridized carbons (Fsp3) is 0.500. The number of halogens is 2. The maximum absolute atomic E-state index is 13.7. The summed E-state index contributed by atoms with van der Waals surface area (Å²) in [6.07, 6.45) is -0.528. The van der Waals surface area contributed by atoms with Gasteiger partial charge in [0.15, 0.2) is 0 Å². The third kappa shape index (κ3) is 3.13. The first-order valence-corrected chi connectivity index (χ1v) is 6.35. The molecular weight excluding hydrogens is 268 g/mol. The van der Waals surface area contributed by atoms with Crippen LogP contribution in [0.15, 0.2) is 18.2 Å². The van der Waals surface area contributed by atoms with Crippen LogP contribution in [-0.2, 0) is 4.74 Å². The van der Waals surface area contributed by atoms with Crippen molar-refractivity contribution in [2.45, 2.75) is 25.6 Å². The Kier molecular flexibility index (Phi) is 4.06. The number of benzene rings is 1. The second kappa shape index (κ2) is 5.46. The van der Waals surface area contributed by atoms with Gasteiger partial charge in [-0.2, -0.15) is 0 Å². The van der Waals surface area contributed by atoms with Gasteiger partial charge in [0.1, 0.15) is 11.6 Å². The second-order valence-electron chi connectivity index (χ2n) is 5.49. The van der Waals surface area contributed by atoms with E-state index in [0.717, 1.165) is 18.2 Å². The minimum Gasteiger partial charge on any atom is -0.394 e. The average Bonchev–Trinajstić information content (AvgIpc) is 2.38. The molecular formula is C14H17F2NO3. The highest BCUT2D eigenvalue weighted by Gasteiger charge is 2.36. The highest BCUT2D eigenvalue weighted by atomic mass is 19.1. The summed E-state index contributed by atoms with van der Waals surface area (Å²) >= 11 is 0. The number of ether oxygens (including phenoxy) is 1. The molecule has 0 spiro atoms. The zero-order valence-electron chi connectivity index (χ0n) is 11.4. The van der Waals surface area contributed by atoms with Crippen LogP contribution < -0.4 is 0 Å². The first-order chi connectivity index (χ1) is 9.32. The van der Waals surface area contributed by atoms with E-state index in [1.165, 1.54) is 4.90 Å². The number of hydrogen-bond acceptors (Lipinski definition) is 3. The average molecular weight is 285 g/mol. The van der Waals surface area contributed by atoms with Gasteiger partial charge in [0.2, 0.25) is 0 Å². The highest BCUT2D eigenvalue weighted by molar-refractivity contribution is 5.94. The SMILES string of the molecule is CC1(C)CN(C(=O)c2cc(F)ccc2F)CC(CO)O1. The maximum atomic E-state index is 13.7. The number of aliphatic hydroxyl groups excluding tert-OH is 1. The largest absolute Gasteiger partial charge is 0.394 e. The summed E-state index contributed by atoms with van der Waals surface area (Å²) in [5, 5.41) is 9.20. The van der Waals surface area contributed by atoms with Crippen molar-refractivity contribution < 1.29 is 23.4 Å². The molecule has 0 bridgehead atoms. The van der Waals surface area contributed by atoms with Crippen molar-refractivity contribution >= 4 is 5.91 Å². The number of nitrogens with zero attached hydrogens (tertiary/aromatic N) is 1. The van der Waals surface area contributed by atoms with Gasteiger partial charge < -0.3 is 14.7 Å². The van der Waals surface area contributed by atoms with E-state index in [1.807, 2.05) is 0 Å². The Labute approximate surface area is 116 Å². The minimum absolute atomic E-state index is 0.148. The molecule has 1 aromatic rings. The number of rotatable bonds is 2. The van der Waals surface area contributed by atoms with Crippen LogP contribution in [0.4, 0.5) is 8.78 Å². The normalized spacial score (nSPS) is 21.9. The number of hydrogen-bond donors (Lipinski definition) is 1. The van der Waals surface area contributed by atoms with E-state index in [9.17, 15) is 18.7 Å². The molecule has 0 aliphatic carbocycles. The third-order valence-corrected chi connectivity index (χ3v) is 3.13. The molecule has 1 unspecified atom stereocenters. The zero-order valence-corrected chi connectivity index (χ0v) is 11.4. The molecule has 1 amide bonds. The Morgan fingerprint density at radius 2 is 2.20 bits per heavy atom. The van der Waals surface area contributed by atoms with Gasteiger partial charge in [-0.3, -0.25) is 4.79 Å². The van der Waals surface area contributed by atoms with Gasteiger partial charge in [0.25, 0.3) is 5.91 Å². The molecule has 1 aliphatic heterocycles. The summed E-state index contributed by atoms with van der Waals surface area (Å²) < 4.78 is 32.4. The summed E-state index contributed by atoms with van der Waals surface area (Å²) in [6, 6.07) is 2.78. The van der Waals surface area contributed by atoms with E-state index >= 15 is 0 Å². The first-order valence-electron chi connectivity index (χ1n) is 6.35. The molecule has 110 valence electrons. The summed E-state index contributed by atoms with van der Waals surface area (Å²) in [7, 11) is 0. The molecule has 2 rings (SSSR count). The Hall–Kier alpha value is -1.53. The quantitative estimate of drug-likeness (QED) is 0.897. The van der Waals surface area contributed by atoms with Crippen molar-refractivity contribution in [3.05, 3.63) is 35.4 Å². The molecule has 0 radical (unpaired) electrons. The number of amides is 1. The summed E-state index contributed by atoms with van der Waals surface area (Å²) in [5.41, 5.74) is -0.954. The van der Waals surface area contributed by atoms with E-state index in [-0.39, 0.29) is 25.3 Å². The summed E-state index contributed by atoms with van der Waals surface area (Å²) in [5.74, 6) is -2.03. The molecule has 0 aromatic heterocycles. The van der Waals surface area contributed by atoms with Crippen molar-refractivity contribution in [1.29, 1.82) is 0 Å². The standard InChI is InChI=1S/C14H17F2NO3/c1-14(2)8-17(6-10(7-18)20-14)13(19)11-5-9(15)3-4-12(11)16/h3-5,10,18H,6-8H2,1-2H3. The smallest absolute Gasteiger partial charge is 0.257 e. The van der Waals surface area contributed by atoms with Crippen molar-refractivity contribution in [1.82, 2.24) is 4.90 Å². The lowest BCUT2D eigenvalue weighted by atomic mass is 10.0. The second-order valence-corrected chi connectivity index (χ2v) is 5.49. The van der Waals surface area contributed by atoms with E-state index in [0.29, 0.717) is 0 Å². The first kappa shape index (κ1) is 14.9. The summed E-state index contributed by atoms with van der Waals surface area (Å²) in [4.78, 5) is 13.7. The number of morpholine rings is 1. The molecule has 1 N–H and O–H groups in total. The molecule has 0 saturated carbocycles. The topological polar surface area (TPSA) is 49.8 Å². The molecule has 4 nitrogen and oxygen atoms in total. The lowest BCUT2D eigenvalue weighted by molar-refractivity contribution is -0.139. The van der Waals surface area contributed by atoms with Crippen LogP contribution in [0.5, 0.6) is 0 Å². The highest BCUT2D eigenvalue weighted by Crippen LogP contribution is 2.23. The molecule has 20 heavy (non-hydrogen) atoms. The van der Waals surface area contributed by atoms with Crippen LogP contribution in [0.25, 0.3) is 0 Å². The molecule has 6 heteroatoms. The van der Waals surface area contributed by atoms with Gasteiger partial charge in [0, 0.05) is 13.1 Å². The van der Waals surface area contributed by atoms with Gasteiger partial charge in [-0.15, -0.1) is 0 Å². The Balaban J connectivity index is 2.25. The number of aliphatic hydroxyl groups is 1. The lowest BCUT2D eigenvalue weighted by Gasteiger charge is -2.42. The van der Waals surface area contributed by atoms with Crippen LogP contribution in [-0.4, -0.2) is 47.3 Å². The van der Waals surface area contributed by atoms with Crippen molar-refractivity contribution in [3.63, 3.8) is 0 Å². The minimum atomic E-state index is -0.763. The number of carbonyl (C=O) groups is 1. The van der Waals surface area contributed by atoms with Crippen LogP contribution in [0.3, 0.4) is 0 Å². The molecule has 1 saturated heterocycles. The maximum Gasteiger partial charge on any atom is 0.257 e. The predicted octanol–water partition coefficient (Wildman–Crippen LogP) is 1.58. The van der Waals surface area contributed by atoms with Gasteiger partial charge >= 0.3 is 0 Å². The fourth-order valence-electron chi connectivity index (χ4n) is 2.38. The Bertz CT molecular complexity index is 519. The van der Waals surface area contributed by atoms with E-state index < -0.39 is 29.2 Å². The fourth-order valence-corrected chi connectivity index (χ4v) is 2.38.